The summed E-state index contributed by atoms with van der Waals surface area (Å²) in [6, 6.07) is 0. The zero-order valence-corrected chi connectivity index (χ0v) is 5.74. The molecule has 0 unspecified atom stereocenters. The zero-order valence-electron chi connectivity index (χ0n) is 5.74. The fourth-order valence-corrected chi connectivity index (χ4v) is 1.81. The summed E-state index contributed by atoms with van der Waals surface area (Å²) >= 11 is 0. The average Bonchev–Trinajstić information content (AvgIpc) is 1.87. The van der Waals surface area contributed by atoms with E-state index < -0.39 is 0 Å². The predicted molar refractivity (Wildman–Crippen MR) is 39.6 cm³/mol. The van der Waals surface area contributed by atoms with Crippen LogP contribution in [0.15, 0.2) is 0 Å². The van der Waals surface area contributed by atoms with Crippen molar-refractivity contribution in [2.24, 2.45) is 0 Å². The molecule has 2 aliphatic rings. The molecule has 2 heterocycles. The van der Waals surface area contributed by atoms with Crippen LogP contribution in [0.4, 0.5) is 0 Å². The van der Waals surface area contributed by atoms with Gasteiger partial charge in [-0.25, -0.2) is 0 Å². The maximum Gasteiger partial charge on any atom is 0.0217 e. The van der Waals surface area contributed by atoms with Gasteiger partial charge in [-0.3, -0.25) is 0 Å². The van der Waals surface area contributed by atoms with E-state index in [9.17, 15) is 0 Å². The maximum atomic E-state index is 3.52. The van der Waals surface area contributed by atoms with E-state index in [1.807, 2.05) is 0 Å². The predicted octanol–water partition coefficient (Wildman–Crippen LogP) is 0.348. The molecule has 2 rings (SSSR count). The zero-order chi connectivity index (χ0) is 6.16. The Bertz CT molecular complexity index is 104. The van der Waals surface area contributed by atoms with Gasteiger partial charge in [0, 0.05) is 6.97 Å². The first-order chi connectivity index (χ1) is 4.41. The highest BCUT2D eigenvalue weighted by atomic mass is 15.1. The molecule has 0 aromatic carbocycles. The smallest absolute Gasteiger partial charge is 0.0217 e. The number of hydrogen-bond donors (Lipinski definition) is 2. The Morgan fingerprint density at radius 1 is 1.00 bits per heavy atom. The highest BCUT2D eigenvalue weighted by Gasteiger charge is 2.36. The van der Waals surface area contributed by atoms with Crippen LogP contribution in [-0.4, -0.2) is 25.2 Å². The minimum absolute atomic E-state index is 0. The van der Waals surface area contributed by atoms with Gasteiger partial charge in [0.05, 0.1) is 0 Å². The third-order valence-corrected chi connectivity index (χ3v) is 2.66. The van der Waals surface area contributed by atoms with Crippen molar-refractivity contribution < 1.29 is 1.43 Å². The molecule has 0 atom stereocenters. The van der Waals surface area contributed by atoms with Gasteiger partial charge in [-0.15, -0.1) is 0 Å². The van der Waals surface area contributed by atoms with Crippen LogP contribution < -0.4 is 10.6 Å². The Morgan fingerprint density at radius 2 is 1.67 bits per heavy atom. The molecule has 2 N–H and O–H groups in total. The summed E-state index contributed by atoms with van der Waals surface area (Å²) < 4.78 is 0. The molecule has 0 bridgehead atoms. The van der Waals surface area contributed by atoms with Crippen LogP contribution in [0.3, 0.4) is 0 Å². The van der Waals surface area contributed by atoms with Crippen molar-refractivity contribution in [3.05, 3.63) is 0 Å². The first-order valence-corrected chi connectivity index (χ1v) is 3.87. The molecule has 0 aromatic heterocycles. The Kier molecular flexibility index (Phi) is 1.24. The van der Waals surface area contributed by atoms with E-state index in [1.165, 1.54) is 38.9 Å². The Hall–Kier alpha value is -0.0800. The van der Waals surface area contributed by atoms with Crippen LogP contribution in [0.25, 0.3) is 0 Å². The van der Waals surface area contributed by atoms with E-state index in [-0.39, 0.29) is 1.43 Å². The molecule has 0 saturated carbocycles. The summed E-state index contributed by atoms with van der Waals surface area (Å²) in [6.07, 6.45) is 4.09. The van der Waals surface area contributed by atoms with Crippen LogP contribution >= 0.6 is 0 Å². The molecular formula is C7H16N2. The molecule has 9 heavy (non-hydrogen) atoms. The van der Waals surface area contributed by atoms with Gasteiger partial charge in [0.1, 0.15) is 0 Å². The van der Waals surface area contributed by atoms with Gasteiger partial charge in [-0.1, -0.05) is 0 Å². The topological polar surface area (TPSA) is 24.1 Å². The number of nitrogens with one attached hydrogen (secondary N) is 2. The van der Waals surface area contributed by atoms with Gasteiger partial charge >= 0.3 is 0 Å². The van der Waals surface area contributed by atoms with Crippen molar-refractivity contribution in [3.8, 4) is 0 Å². The summed E-state index contributed by atoms with van der Waals surface area (Å²) in [5, 5.41) is 6.89. The Balaban J connectivity index is 0.000000500. The lowest BCUT2D eigenvalue weighted by molar-refractivity contribution is 0.153. The second kappa shape index (κ2) is 1.96. The number of piperidine rings is 1. The van der Waals surface area contributed by atoms with Crippen molar-refractivity contribution in [3.63, 3.8) is 0 Å². The number of hydrogen-bond acceptors (Lipinski definition) is 2. The molecule has 2 aliphatic heterocycles. The SMILES string of the molecule is C1CC2(CCN1)CCN2.[HH]. The molecule has 2 fully saturated rings. The van der Waals surface area contributed by atoms with Gasteiger partial charge in [-0.05, 0) is 38.9 Å². The fraction of sp³-hybridized carbons (Fsp3) is 1.00. The highest BCUT2D eigenvalue weighted by molar-refractivity contribution is 4.99. The summed E-state index contributed by atoms with van der Waals surface area (Å²) in [6.45, 7) is 3.68. The van der Waals surface area contributed by atoms with Crippen molar-refractivity contribution in [2.75, 3.05) is 19.6 Å². The first-order valence-electron chi connectivity index (χ1n) is 3.87. The monoisotopic (exact) mass is 128 g/mol. The molecule has 0 aromatic rings. The van der Waals surface area contributed by atoms with Crippen molar-refractivity contribution in [1.82, 2.24) is 10.6 Å². The average molecular weight is 128 g/mol. The van der Waals surface area contributed by atoms with E-state index in [4.69, 9.17) is 0 Å². The van der Waals surface area contributed by atoms with Gasteiger partial charge in [0.15, 0.2) is 0 Å². The van der Waals surface area contributed by atoms with Crippen LogP contribution in [0.5, 0.6) is 0 Å². The van der Waals surface area contributed by atoms with Crippen LogP contribution in [-0.2, 0) is 0 Å². The summed E-state index contributed by atoms with van der Waals surface area (Å²) in [7, 11) is 0. The van der Waals surface area contributed by atoms with Crippen LogP contribution in [0.1, 0.15) is 20.7 Å². The summed E-state index contributed by atoms with van der Waals surface area (Å²) in [5.41, 5.74) is 0.589. The van der Waals surface area contributed by atoms with Crippen molar-refractivity contribution in [2.45, 2.75) is 24.8 Å². The maximum absolute atomic E-state index is 3.52. The molecule has 2 saturated heterocycles. The molecule has 0 amide bonds. The Morgan fingerprint density at radius 3 is 2.00 bits per heavy atom. The molecular weight excluding hydrogens is 112 g/mol. The second-order valence-corrected chi connectivity index (χ2v) is 3.21. The quantitative estimate of drug-likeness (QED) is 0.492. The lowest BCUT2D eigenvalue weighted by atomic mass is 9.80. The summed E-state index contributed by atoms with van der Waals surface area (Å²) in [5.74, 6) is 0. The molecule has 1 spiro atoms. The van der Waals surface area contributed by atoms with Gasteiger partial charge < -0.3 is 10.6 Å². The third-order valence-electron chi connectivity index (χ3n) is 2.66. The molecule has 2 heteroatoms. The number of rotatable bonds is 0. The second-order valence-electron chi connectivity index (χ2n) is 3.21. The fourth-order valence-electron chi connectivity index (χ4n) is 1.81. The normalized spacial score (nSPS) is 32.0. The van der Waals surface area contributed by atoms with E-state index in [1.54, 1.807) is 0 Å². The molecule has 0 aliphatic carbocycles. The largest absolute Gasteiger partial charge is 0.317 e. The van der Waals surface area contributed by atoms with E-state index in [0.29, 0.717) is 5.54 Å². The molecule has 2 nitrogen and oxygen atoms in total. The van der Waals surface area contributed by atoms with Crippen LogP contribution in [0, 0.1) is 0 Å². The lowest BCUT2D eigenvalue weighted by Gasteiger charge is -2.46. The lowest BCUT2D eigenvalue weighted by Crippen LogP contribution is -2.61. The van der Waals surface area contributed by atoms with E-state index in [0.717, 1.165) is 0 Å². The van der Waals surface area contributed by atoms with Gasteiger partial charge in [0.25, 0.3) is 0 Å². The molecule has 54 valence electrons. The standard InChI is InChI=1S/C7H14N2.H2/c1-4-8-5-2-7(1)3-6-9-7;/h8-9H,1-6H2;1H. The van der Waals surface area contributed by atoms with E-state index in [2.05, 4.69) is 10.6 Å². The van der Waals surface area contributed by atoms with Crippen LogP contribution in [0.2, 0.25) is 0 Å². The Labute approximate surface area is 57.5 Å². The highest BCUT2D eigenvalue weighted by Crippen LogP contribution is 2.27. The van der Waals surface area contributed by atoms with Crippen molar-refractivity contribution >= 4 is 0 Å². The first kappa shape index (κ1) is 5.69. The third kappa shape index (κ3) is 0.864. The minimum atomic E-state index is 0. The molecule has 0 radical (unpaired) electrons. The van der Waals surface area contributed by atoms with Gasteiger partial charge in [-0.2, -0.15) is 0 Å². The van der Waals surface area contributed by atoms with Gasteiger partial charge in [0.2, 0.25) is 0 Å². The van der Waals surface area contributed by atoms with Crippen molar-refractivity contribution in [1.29, 1.82) is 0 Å². The minimum Gasteiger partial charge on any atom is -0.317 e. The van der Waals surface area contributed by atoms with E-state index >= 15 is 0 Å². The summed E-state index contributed by atoms with van der Waals surface area (Å²) in [4.78, 5) is 0.